The van der Waals surface area contributed by atoms with Crippen molar-refractivity contribution in [1.29, 1.82) is 0 Å². The van der Waals surface area contributed by atoms with Crippen LogP contribution in [0.3, 0.4) is 0 Å². The molecule has 2 amide bonds. The summed E-state index contributed by atoms with van der Waals surface area (Å²) in [5, 5.41) is 5.10. The number of carbonyl (C=O) groups is 2. The van der Waals surface area contributed by atoms with Crippen LogP contribution >= 0.6 is 11.8 Å². The Hall–Kier alpha value is -0.710. The Balaban J connectivity index is 2.47. The number of carbonyl (C=O) groups excluding carboxylic acids is 2. The van der Waals surface area contributed by atoms with Crippen LogP contribution in [-0.2, 0) is 9.59 Å². The second-order valence-corrected chi connectivity index (χ2v) is 3.20. The third-order valence-electron chi connectivity index (χ3n) is 1.41. The summed E-state index contributed by atoms with van der Waals surface area (Å²) >= 11 is 1.54. The van der Waals surface area contributed by atoms with Crippen molar-refractivity contribution in [1.82, 2.24) is 10.6 Å². The number of nitrogens with one attached hydrogen (secondary N) is 2. The smallest absolute Gasteiger partial charge is 0.243 e. The molecule has 1 atom stereocenters. The van der Waals surface area contributed by atoms with E-state index in [4.69, 9.17) is 0 Å². The van der Waals surface area contributed by atoms with Crippen LogP contribution in [0.2, 0.25) is 0 Å². The summed E-state index contributed by atoms with van der Waals surface area (Å²) in [6, 6.07) is -0.341. The van der Waals surface area contributed by atoms with Gasteiger partial charge < -0.3 is 10.6 Å². The number of rotatable bonds is 2. The zero-order valence-electron chi connectivity index (χ0n) is 6.22. The summed E-state index contributed by atoms with van der Waals surface area (Å²) in [5.74, 6) is 0.444. The number of thioether (sulfide) groups is 1. The Morgan fingerprint density at radius 2 is 2.36 bits per heavy atom. The van der Waals surface area contributed by atoms with E-state index in [9.17, 15) is 9.59 Å². The maximum atomic E-state index is 11.0. The number of hydrogen-bond donors (Lipinski definition) is 2. The fourth-order valence-electron chi connectivity index (χ4n) is 0.886. The summed E-state index contributed by atoms with van der Waals surface area (Å²) in [5.41, 5.74) is 0. The van der Waals surface area contributed by atoms with Crippen LogP contribution in [0.5, 0.6) is 0 Å². The molecule has 2 N–H and O–H groups in total. The molecule has 1 fully saturated rings. The Labute approximate surface area is 69.1 Å². The van der Waals surface area contributed by atoms with Gasteiger partial charge in [-0.05, 0) is 6.26 Å². The van der Waals surface area contributed by atoms with Crippen molar-refractivity contribution in [2.24, 2.45) is 0 Å². The second-order valence-electron chi connectivity index (χ2n) is 2.29. The molecule has 0 spiro atoms. The number of piperazine rings is 1. The highest BCUT2D eigenvalue weighted by molar-refractivity contribution is 7.98. The molecule has 1 saturated heterocycles. The van der Waals surface area contributed by atoms with Gasteiger partial charge in [0, 0.05) is 5.75 Å². The lowest BCUT2D eigenvalue weighted by molar-refractivity contribution is -0.133. The molecule has 11 heavy (non-hydrogen) atoms. The van der Waals surface area contributed by atoms with E-state index in [2.05, 4.69) is 10.6 Å². The lowest BCUT2D eigenvalue weighted by Crippen LogP contribution is -2.57. The van der Waals surface area contributed by atoms with Gasteiger partial charge >= 0.3 is 0 Å². The van der Waals surface area contributed by atoms with Gasteiger partial charge in [-0.1, -0.05) is 0 Å². The first-order chi connectivity index (χ1) is 5.24. The molecule has 1 heterocycles. The molecule has 0 radical (unpaired) electrons. The monoisotopic (exact) mass is 174 g/mol. The third kappa shape index (κ3) is 2.11. The van der Waals surface area contributed by atoms with Crippen molar-refractivity contribution in [3.63, 3.8) is 0 Å². The zero-order valence-corrected chi connectivity index (χ0v) is 7.03. The predicted octanol–water partition coefficient (Wildman–Crippen LogP) is -1.04. The van der Waals surface area contributed by atoms with Gasteiger partial charge in [-0.3, -0.25) is 9.59 Å². The van der Waals surface area contributed by atoms with Gasteiger partial charge in [0.15, 0.2) is 0 Å². The van der Waals surface area contributed by atoms with Crippen LogP contribution in [0.25, 0.3) is 0 Å². The Morgan fingerprint density at radius 1 is 1.64 bits per heavy atom. The largest absolute Gasteiger partial charge is 0.345 e. The van der Waals surface area contributed by atoms with E-state index in [1.54, 1.807) is 0 Å². The molecule has 1 aliphatic rings. The summed E-state index contributed by atoms with van der Waals surface area (Å²) in [6.07, 6.45) is 1.90. The van der Waals surface area contributed by atoms with Crippen molar-refractivity contribution in [3.05, 3.63) is 0 Å². The first-order valence-corrected chi connectivity index (χ1v) is 4.69. The predicted molar refractivity (Wildman–Crippen MR) is 43.3 cm³/mol. The first-order valence-electron chi connectivity index (χ1n) is 3.30. The maximum absolute atomic E-state index is 11.0. The average molecular weight is 174 g/mol. The minimum absolute atomic E-state index is 0.0843. The van der Waals surface area contributed by atoms with Gasteiger partial charge in [-0.2, -0.15) is 11.8 Å². The quantitative estimate of drug-likeness (QED) is 0.562. The zero-order chi connectivity index (χ0) is 8.27. The van der Waals surface area contributed by atoms with Gasteiger partial charge in [0.05, 0.1) is 6.54 Å². The molecular formula is C6H10N2O2S. The molecule has 0 aromatic carbocycles. The molecular weight excluding hydrogens is 164 g/mol. The highest BCUT2D eigenvalue weighted by Gasteiger charge is 2.24. The normalized spacial score (nSPS) is 24.3. The van der Waals surface area contributed by atoms with Crippen LogP contribution in [-0.4, -0.2) is 36.4 Å². The van der Waals surface area contributed by atoms with Crippen molar-refractivity contribution >= 4 is 23.6 Å². The molecule has 1 unspecified atom stereocenters. The summed E-state index contributed by atoms with van der Waals surface area (Å²) in [4.78, 5) is 21.7. The maximum Gasteiger partial charge on any atom is 0.243 e. The van der Waals surface area contributed by atoms with Gasteiger partial charge in [0.1, 0.15) is 6.04 Å². The molecule has 0 aromatic heterocycles. The SMILES string of the molecule is CSCC1NC(=O)CNC1=O. The van der Waals surface area contributed by atoms with Crippen molar-refractivity contribution < 1.29 is 9.59 Å². The number of amides is 2. The standard InChI is InChI=1S/C6H10N2O2S/c1-11-3-4-6(10)7-2-5(9)8-4/h4H,2-3H2,1H3,(H,7,10)(H,8,9). The van der Waals surface area contributed by atoms with E-state index < -0.39 is 0 Å². The molecule has 5 heteroatoms. The topological polar surface area (TPSA) is 58.2 Å². The summed E-state index contributed by atoms with van der Waals surface area (Å²) in [7, 11) is 0. The Kier molecular flexibility index (Phi) is 2.76. The average Bonchev–Trinajstić information content (AvgIpc) is 1.98. The molecule has 0 aliphatic carbocycles. The van der Waals surface area contributed by atoms with Gasteiger partial charge in [0.25, 0.3) is 0 Å². The van der Waals surface area contributed by atoms with Crippen molar-refractivity contribution in [2.75, 3.05) is 18.6 Å². The van der Waals surface area contributed by atoms with E-state index in [0.29, 0.717) is 5.75 Å². The first kappa shape index (κ1) is 8.39. The molecule has 4 nitrogen and oxygen atoms in total. The molecule has 62 valence electrons. The molecule has 1 aliphatic heterocycles. The molecule has 0 bridgehead atoms. The van der Waals surface area contributed by atoms with E-state index in [0.717, 1.165) is 0 Å². The molecule has 0 saturated carbocycles. The van der Waals surface area contributed by atoms with E-state index in [-0.39, 0.29) is 24.4 Å². The van der Waals surface area contributed by atoms with Crippen LogP contribution < -0.4 is 10.6 Å². The fraction of sp³-hybridized carbons (Fsp3) is 0.667. The molecule has 0 aromatic rings. The Bertz CT molecular complexity index is 183. The minimum atomic E-state index is -0.341. The summed E-state index contributed by atoms with van der Waals surface area (Å²) < 4.78 is 0. The Morgan fingerprint density at radius 3 is 3.00 bits per heavy atom. The van der Waals surface area contributed by atoms with Gasteiger partial charge in [-0.25, -0.2) is 0 Å². The van der Waals surface area contributed by atoms with Crippen LogP contribution in [0.4, 0.5) is 0 Å². The van der Waals surface area contributed by atoms with E-state index in [1.807, 2.05) is 6.26 Å². The highest BCUT2D eigenvalue weighted by atomic mass is 32.2. The lowest BCUT2D eigenvalue weighted by Gasteiger charge is -2.21. The van der Waals surface area contributed by atoms with Gasteiger partial charge in [0.2, 0.25) is 11.8 Å². The number of hydrogen-bond acceptors (Lipinski definition) is 3. The van der Waals surface area contributed by atoms with Gasteiger partial charge in [-0.15, -0.1) is 0 Å². The van der Waals surface area contributed by atoms with Crippen LogP contribution in [0.15, 0.2) is 0 Å². The highest BCUT2D eigenvalue weighted by Crippen LogP contribution is 1.99. The van der Waals surface area contributed by atoms with E-state index >= 15 is 0 Å². The van der Waals surface area contributed by atoms with E-state index in [1.165, 1.54) is 11.8 Å². The third-order valence-corrected chi connectivity index (χ3v) is 2.07. The van der Waals surface area contributed by atoms with Crippen molar-refractivity contribution in [2.45, 2.75) is 6.04 Å². The minimum Gasteiger partial charge on any atom is -0.345 e. The fourth-order valence-corrected chi connectivity index (χ4v) is 1.45. The summed E-state index contributed by atoms with van der Waals surface area (Å²) in [6.45, 7) is 0.115. The van der Waals surface area contributed by atoms with Crippen LogP contribution in [0.1, 0.15) is 0 Å². The lowest BCUT2D eigenvalue weighted by atomic mass is 10.2. The second kappa shape index (κ2) is 3.61. The van der Waals surface area contributed by atoms with Crippen LogP contribution in [0, 0.1) is 0 Å². The van der Waals surface area contributed by atoms with Crippen molar-refractivity contribution in [3.8, 4) is 0 Å². The molecule has 1 rings (SSSR count).